The largest absolute Gasteiger partial charge is 0.312 e. The van der Waals surface area contributed by atoms with Crippen LogP contribution in [0.1, 0.15) is 17.5 Å². The highest BCUT2D eigenvalue weighted by molar-refractivity contribution is 7.91. The first kappa shape index (κ1) is 13.8. The number of benzene rings is 1. The Balaban J connectivity index is 1.80. The van der Waals surface area contributed by atoms with E-state index in [2.05, 4.69) is 5.32 Å². The number of hydrogen-bond acceptors (Lipinski definition) is 3. The maximum atomic E-state index is 11.3. The van der Waals surface area contributed by atoms with Crippen molar-refractivity contribution in [1.82, 2.24) is 5.32 Å². The van der Waals surface area contributed by atoms with Gasteiger partial charge >= 0.3 is 0 Å². The van der Waals surface area contributed by atoms with Crippen LogP contribution in [-0.2, 0) is 16.4 Å². The molecule has 1 aliphatic rings. The van der Waals surface area contributed by atoms with Crippen molar-refractivity contribution in [2.24, 2.45) is 5.92 Å². The Morgan fingerprint density at radius 2 is 2.22 bits per heavy atom. The van der Waals surface area contributed by atoms with Crippen molar-refractivity contribution >= 4 is 21.4 Å². The molecule has 1 aliphatic heterocycles. The Kier molecular flexibility index (Phi) is 4.30. The van der Waals surface area contributed by atoms with Crippen LogP contribution in [0.25, 0.3) is 0 Å². The molecule has 3 nitrogen and oxygen atoms in total. The summed E-state index contributed by atoms with van der Waals surface area (Å²) in [5.41, 5.74) is 2.20. The van der Waals surface area contributed by atoms with Gasteiger partial charge in [-0.05, 0) is 43.0 Å². The predicted octanol–water partition coefficient (Wildman–Crippen LogP) is 2.17. The summed E-state index contributed by atoms with van der Waals surface area (Å²) in [5.74, 6) is 0.931. The van der Waals surface area contributed by atoms with Gasteiger partial charge in [0.15, 0.2) is 9.84 Å². The highest BCUT2D eigenvalue weighted by Crippen LogP contribution is 2.18. The zero-order valence-electron chi connectivity index (χ0n) is 10.4. The molecule has 0 radical (unpaired) electrons. The van der Waals surface area contributed by atoms with Gasteiger partial charge in [-0.2, -0.15) is 0 Å². The molecule has 0 aliphatic carbocycles. The standard InChI is InChI=1S/C13H18ClNO2S/c1-10-2-3-11(6-13(10)14)7-15-8-12-4-5-18(16,17)9-12/h2-3,6,12,15H,4-5,7-9H2,1H3. The number of nitrogens with one attached hydrogen (secondary N) is 1. The Labute approximate surface area is 113 Å². The molecule has 2 rings (SSSR count). The lowest BCUT2D eigenvalue weighted by atomic mass is 10.1. The molecule has 0 bridgehead atoms. The van der Waals surface area contributed by atoms with Crippen molar-refractivity contribution in [2.75, 3.05) is 18.1 Å². The van der Waals surface area contributed by atoms with E-state index in [9.17, 15) is 8.42 Å². The molecule has 1 N–H and O–H groups in total. The molecule has 1 aromatic rings. The summed E-state index contributed by atoms with van der Waals surface area (Å²) in [5, 5.41) is 4.08. The zero-order valence-corrected chi connectivity index (χ0v) is 12.0. The van der Waals surface area contributed by atoms with Crippen LogP contribution >= 0.6 is 11.6 Å². The van der Waals surface area contributed by atoms with E-state index in [1.54, 1.807) is 0 Å². The van der Waals surface area contributed by atoms with Crippen molar-refractivity contribution in [3.63, 3.8) is 0 Å². The van der Waals surface area contributed by atoms with Gasteiger partial charge in [-0.25, -0.2) is 8.42 Å². The van der Waals surface area contributed by atoms with Crippen LogP contribution in [-0.4, -0.2) is 26.5 Å². The highest BCUT2D eigenvalue weighted by atomic mass is 35.5. The topological polar surface area (TPSA) is 46.2 Å². The Morgan fingerprint density at radius 1 is 1.44 bits per heavy atom. The van der Waals surface area contributed by atoms with Crippen LogP contribution in [0.3, 0.4) is 0 Å². The lowest BCUT2D eigenvalue weighted by Gasteiger charge is -2.10. The lowest BCUT2D eigenvalue weighted by Crippen LogP contribution is -2.23. The molecular weight excluding hydrogens is 270 g/mol. The number of sulfone groups is 1. The van der Waals surface area contributed by atoms with Crippen LogP contribution in [0.4, 0.5) is 0 Å². The second-order valence-corrected chi connectivity index (χ2v) is 7.62. The lowest BCUT2D eigenvalue weighted by molar-refractivity contribution is 0.521. The fourth-order valence-corrected chi connectivity index (χ4v) is 4.26. The summed E-state index contributed by atoms with van der Waals surface area (Å²) in [6, 6.07) is 5.99. The van der Waals surface area contributed by atoms with Crippen LogP contribution in [0, 0.1) is 12.8 Å². The second-order valence-electron chi connectivity index (χ2n) is 4.98. The molecule has 0 amide bonds. The third kappa shape index (κ3) is 3.70. The van der Waals surface area contributed by atoms with Crippen LogP contribution < -0.4 is 5.32 Å². The first-order chi connectivity index (χ1) is 8.46. The zero-order chi connectivity index (χ0) is 13.2. The van der Waals surface area contributed by atoms with Gasteiger partial charge in [0.25, 0.3) is 0 Å². The fraction of sp³-hybridized carbons (Fsp3) is 0.538. The molecule has 0 aromatic heterocycles. The normalized spacial score (nSPS) is 22.2. The summed E-state index contributed by atoms with van der Waals surface area (Å²) in [6.07, 6.45) is 0.782. The summed E-state index contributed by atoms with van der Waals surface area (Å²) in [7, 11) is -2.76. The van der Waals surface area contributed by atoms with Gasteiger partial charge in [-0.1, -0.05) is 23.7 Å². The number of halogens is 1. The number of rotatable bonds is 4. The fourth-order valence-electron chi connectivity index (χ4n) is 2.20. The average molecular weight is 288 g/mol. The second kappa shape index (κ2) is 5.59. The van der Waals surface area contributed by atoms with Crippen molar-refractivity contribution in [1.29, 1.82) is 0 Å². The van der Waals surface area contributed by atoms with E-state index in [4.69, 9.17) is 11.6 Å². The minimum atomic E-state index is -2.76. The van der Waals surface area contributed by atoms with E-state index in [0.29, 0.717) is 11.5 Å². The van der Waals surface area contributed by atoms with Gasteiger partial charge < -0.3 is 5.32 Å². The predicted molar refractivity (Wildman–Crippen MR) is 74.7 cm³/mol. The van der Waals surface area contributed by atoms with Crippen LogP contribution in [0.2, 0.25) is 5.02 Å². The minimum absolute atomic E-state index is 0.260. The molecule has 1 heterocycles. The maximum Gasteiger partial charge on any atom is 0.150 e. The monoisotopic (exact) mass is 287 g/mol. The molecule has 0 spiro atoms. The van der Waals surface area contributed by atoms with Gasteiger partial charge in [0, 0.05) is 11.6 Å². The third-order valence-corrected chi connectivity index (χ3v) is 5.57. The highest BCUT2D eigenvalue weighted by Gasteiger charge is 2.27. The van der Waals surface area contributed by atoms with Crippen molar-refractivity contribution in [3.05, 3.63) is 34.3 Å². The Morgan fingerprint density at radius 3 is 2.83 bits per heavy atom. The van der Waals surface area contributed by atoms with E-state index in [1.807, 2.05) is 25.1 Å². The van der Waals surface area contributed by atoms with E-state index in [1.165, 1.54) is 0 Å². The Bertz CT molecular complexity index is 528. The summed E-state index contributed by atoms with van der Waals surface area (Å²) < 4.78 is 22.6. The first-order valence-electron chi connectivity index (χ1n) is 6.12. The molecule has 1 saturated heterocycles. The van der Waals surface area contributed by atoms with Gasteiger partial charge in [0.2, 0.25) is 0 Å². The van der Waals surface area contributed by atoms with Gasteiger partial charge in [-0.15, -0.1) is 0 Å². The first-order valence-corrected chi connectivity index (χ1v) is 8.32. The van der Waals surface area contributed by atoms with Gasteiger partial charge in [0.05, 0.1) is 11.5 Å². The van der Waals surface area contributed by atoms with Crippen molar-refractivity contribution in [3.8, 4) is 0 Å². The third-order valence-electron chi connectivity index (χ3n) is 3.33. The van der Waals surface area contributed by atoms with Gasteiger partial charge in [-0.3, -0.25) is 0 Å². The minimum Gasteiger partial charge on any atom is -0.312 e. The van der Waals surface area contributed by atoms with E-state index >= 15 is 0 Å². The number of hydrogen-bond donors (Lipinski definition) is 1. The molecule has 18 heavy (non-hydrogen) atoms. The molecule has 5 heteroatoms. The molecular formula is C13H18ClNO2S. The summed E-state index contributed by atoms with van der Waals surface area (Å²) >= 11 is 6.05. The van der Waals surface area contributed by atoms with Gasteiger partial charge in [0.1, 0.15) is 0 Å². The summed E-state index contributed by atoms with van der Waals surface area (Å²) in [6.45, 7) is 3.46. The maximum absolute atomic E-state index is 11.3. The van der Waals surface area contributed by atoms with E-state index < -0.39 is 9.84 Å². The molecule has 1 unspecified atom stereocenters. The average Bonchev–Trinajstić information content (AvgIpc) is 2.63. The van der Waals surface area contributed by atoms with Crippen molar-refractivity contribution in [2.45, 2.75) is 19.9 Å². The van der Waals surface area contributed by atoms with Crippen molar-refractivity contribution < 1.29 is 8.42 Å². The van der Waals surface area contributed by atoms with Crippen LogP contribution in [0.15, 0.2) is 18.2 Å². The quantitative estimate of drug-likeness (QED) is 0.923. The molecule has 0 saturated carbocycles. The molecule has 1 aromatic carbocycles. The molecule has 100 valence electrons. The SMILES string of the molecule is Cc1ccc(CNCC2CCS(=O)(=O)C2)cc1Cl. The summed E-state index contributed by atoms with van der Waals surface area (Å²) in [4.78, 5) is 0. The van der Waals surface area contributed by atoms with E-state index in [0.717, 1.165) is 35.7 Å². The Hall–Kier alpha value is -0.580. The van der Waals surface area contributed by atoms with E-state index in [-0.39, 0.29) is 5.92 Å². The number of aryl methyl sites for hydroxylation is 1. The smallest absolute Gasteiger partial charge is 0.150 e. The van der Waals surface area contributed by atoms with Crippen LogP contribution in [0.5, 0.6) is 0 Å². The molecule has 1 fully saturated rings. The molecule has 1 atom stereocenters.